The van der Waals surface area contributed by atoms with E-state index < -0.39 is 0 Å². The van der Waals surface area contributed by atoms with Gasteiger partial charge in [-0.25, -0.2) is 0 Å². The van der Waals surface area contributed by atoms with Crippen LogP contribution in [0.5, 0.6) is 5.75 Å². The molecule has 0 spiro atoms. The maximum atomic E-state index is 5.91. The molecule has 0 aliphatic heterocycles. The molecule has 2 nitrogen and oxygen atoms in total. The number of nitrogens with one attached hydrogen (secondary N) is 1. The Labute approximate surface area is 189 Å². The predicted molar refractivity (Wildman–Crippen MR) is 136 cm³/mol. The van der Waals surface area contributed by atoms with E-state index in [2.05, 4.69) is 101 Å². The fraction of sp³-hybridized carbons (Fsp3) is 0.379. The van der Waals surface area contributed by atoms with Crippen molar-refractivity contribution in [3.8, 4) is 16.9 Å². The van der Waals surface area contributed by atoms with Gasteiger partial charge in [0.1, 0.15) is 5.75 Å². The van der Waals surface area contributed by atoms with E-state index >= 15 is 0 Å². The monoisotopic (exact) mass is 417 g/mol. The summed E-state index contributed by atoms with van der Waals surface area (Å²) >= 11 is 0. The van der Waals surface area contributed by atoms with Gasteiger partial charge < -0.3 is 10.1 Å². The molecule has 1 unspecified atom stereocenters. The third-order valence-corrected chi connectivity index (χ3v) is 5.53. The van der Waals surface area contributed by atoms with E-state index in [1.165, 1.54) is 27.9 Å². The Morgan fingerprint density at radius 2 is 1.16 bits per heavy atom. The van der Waals surface area contributed by atoms with Crippen molar-refractivity contribution in [1.82, 2.24) is 0 Å². The molecule has 0 aliphatic rings. The van der Waals surface area contributed by atoms with Gasteiger partial charge in [0.25, 0.3) is 0 Å². The molecule has 31 heavy (non-hydrogen) atoms. The van der Waals surface area contributed by atoms with Gasteiger partial charge in [0.15, 0.2) is 0 Å². The van der Waals surface area contributed by atoms with E-state index in [0.29, 0.717) is 11.8 Å². The van der Waals surface area contributed by atoms with Crippen molar-refractivity contribution in [3.63, 3.8) is 0 Å². The van der Waals surface area contributed by atoms with Crippen LogP contribution in [0, 0.1) is 0 Å². The molecule has 0 saturated heterocycles. The number of para-hydroxylation sites is 2. The van der Waals surface area contributed by atoms with Crippen LogP contribution in [0.25, 0.3) is 11.1 Å². The summed E-state index contributed by atoms with van der Waals surface area (Å²) in [6.07, 6.45) is 0. The van der Waals surface area contributed by atoms with Crippen molar-refractivity contribution < 1.29 is 4.74 Å². The predicted octanol–water partition coefficient (Wildman–Crippen LogP) is 8.81. The second kappa shape index (κ2) is 11.6. The number of benzene rings is 3. The number of rotatable bonds is 7. The summed E-state index contributed by atoms with van der Waals surface area (Å²) in [6.45, 7) is 15.2. The van der Waals surface area contributed by atoms with E-state index in [1.807, 2.05) is 19.9 Å². The molecular weight excluding hydrogens is 378 g/mol. The molecule has 0 bridgehead atoms. The van der Waals surface area contributed by atoms with Crippen molar-refractivity contribution >= 4 is 5.69 Å². The average molecular weight is 418 g/mol. The molecule has 0 saturated carbocycles. The van der Waals surface area contributed by atoms with Crippen LogP contribution in [-0.2, 0) is 0 Å². The lowest BCUT2D eigenvalue weighted by molar-refractivity contribution is 0.409. The summed E-state index contributed by atoms with van der Waals surface area (Å²) in [5.41, 5.74) is 7.45. The van der Waals surface area contributed by atoms with Gasteiger partial charge in [-0.05, 0) is 35.4 Å². The molecule has 0 aromatic heterocycles. The van der Waals surface area contributed by atoms with Gasteiger partial charge in [0.05, 0.1) is 13.2 Å². The van der Waals surface area contributed by atoms with Crippen LogP contribution in [0.2, 0.25) is 0 Å². The zero-order valence-corrected chi connectivity index (χ0v) is 20.5. The number of hydrogen-bond donors (Lipinski definition) is 1. The maximum Gasteiger partial charge on any atom is 0.131 e. The molecule has 166 valence electrons. The highest BCUT2D eigenvalue weighted by atomic mass is 16.5. The minimum absolute atomic E-state index is 0.117. The van der Waals surface area contributed by atoms with E-state index in [-0.39, 0.29) is 6.04 Å². The number of ether oxygens (including phenoxy) is 1. The van der Waals surface area contributed by atoms with Crippen molar-refractivity contribution in [2.45, 2.75) is 66.3 Å². The first-order valence-corrected chi connectivity index (χ1v) is 11.6. The van der Waals surface area contributed by atoms with Gasteiger partial charge in [-0.2, -0.15) is 0 Å². The fourth-order valence-electron chi connectivity index (χ4n) is 3.98. The minimum atomic E-state index is 0.117. The molecule has 0 radical (unpaired) electrons. The highest BCUT2D eigenvalue weighted by molar-refractivity contribution is 5.73. The van der Waals surface area contributed by atoms with Gasteiger partial charge in [0, 0.05) is 16.8 Å². The molecule has 3 rings (SSSR count). The quantitative estimate of drug-likeness (QED) is 0.414. The lowest BCUT2D eigenvalue weighted by atomic mass is 9.91. The zero-order valence-electron chi connectivity index (χ0n) is 20.5. The Hall–Kier alpha value is -2.74. The highest BCUT2D eigenvalue weighted by Gasteiger charge is 2.20. The van der Waals surface area contributed by atoms with Crippen molar-refractivity contribution in [2.24, 2.45) is 0 Å². The smallest absolute Gasteiger partial charge is 0.131 e. The van der Waals surface area contributed by atoms with Crippen molar-refractivity contribution in [2.75, 3.05) is 12.4 Å². The van der Waals surface area contributed by atoms with Crippen LogP contribution in [0.1, 0.15) is 83.0 Å². The van der Waals surface area contributed by atoms with Gasteiger partial charge in [-0.15, -0.1) is 0 Å². The molecule has 3 aromatic rings. The molecule has 1 N–H and O–H groups in total. The van der Waals surface area contributed by atoms with Crippen molar-refractivity contribution in [1.29, 1.82) is 0 Å². The maximum absolute atomic E-state index is 5.91. The molecule has 0 amide bonds. The SMILES string of the molecule is CC.COc1c(-c2ccccc2)cccc1C(C)Nc1c(C(C)C)cccc1C(C)C. The molecule has 0 aliphatic carbocycles. The Morgan fingerprint density at radius 1 is 0.645 bits per heavy atom. The summed E-state index contributed by atoms with van der Waals surface area (Å²) in [5.74, 6) is 1.86. The van der Waals surface area contributed by atoms with Crippen molar-refractivity contribution in [3.05, 3.63) is 83.4 Å². The van der Waals surface area contributed by atoms with Crippen LogP contribution in [0.4, 0.5) is 5.69 Å². The first-order chi connectivity index (χ1) is 14.9. The highest BCUT2D eigenvalue weighted by Crippen LogP contribution is 2.39. The Bertz CT molecular complexity index is 918. The lowest BCUT2D eigenvalue weighted by Gasteiger charge is -2.26. The van der Waals surface area contributed by atoms with E-state index in [4.69, 9.17) is 4.74 Å². The summed E-state index contributed by atoms with van der Waals surface area (Å²) in [7, 11) is 1.76. The molecular formula is C29H39NO. The Balaban J connectivity index is 0.00000166. The van der Waals surface area contributed by atoms with E-state index in [9.17, 15) is 0 Å². The van der Waals surface area contributed by atoms with E-state index in [0.717, 1.165) is 11.3 Å². The van der Waals surface area contributed by atoms with Crippen LogP contribution in [-0.4, -0.2) is 7.11 Å². The number of hydrogen-bond acceptors (Lipinski definition) is 2. The molecule has 2 heteroatoms. The summed E-state index contributed by atoms with van der Waals surface area (Å²) in [4.78, 5) is 0. The van der Waals surface area contributed by atoms with Crippen LogP contribution < -0.4 is 10.1 Å². The second-order valence-corrected chi connectivity index (χ2v) is 8.28. The molecule has 0 heterocycles. The van der Waals surface area contributed by atoms with Gasteiger partial charge in [-0.3, -0.25) is 0 Å². The van der Waals surface area contributed by atoms with Crippen LogP contribution in [0.15, 0.2) is 66.7 Å². The zero-order chi connectivity index (χ0) is 23.0. The third-order valence-electron chi connectivity index (χ3n) is 5.53. The molecule has 0 fully saturated rings. The normalized spacial score (nSPS) is 11.7. The van der Waals surface area contributed by atoms with Gasteiger partial charge in [0.2, 0.25) is 0 Å². The molecule has 1 atom stereocenters. The first-order valence-electron chi connectivity index (χ1n) is 11.6. The Morgan fingerprint density at radius 3 is 1.68 bits per heavy atom. The standard InChI is InChI=1S/C27H33NO.C2H6/c1-18(2)22-14-10-15-23(19(3)4)26(22)28-20(5)24-16-11-17-25(27(24)29-6)21-12-8-7-9-13-21;1-2/h7-20,28H,1-6H3;1-2H3. The van der Waals surface area contributed by atoms with Crippen LogP contribution in [0.3, 0.4) is 0 Å². The number of anilines is 1. The lowest BCUT2D eigenvalue weighted by Crippen LogP contribution is -2.13. The summed E-state index contributed by atoms with van der Waals surface area (Å²) in [5, 5.41) is 3.83. The minimum Gasteiger partial charge on any atom is -0.496 e. The Kier molecular flexibility index (Phi) is 9.18. The summed E-state index contributed by atoms with van der Waals surface area (Å²) in [6, 6.07) is 23.6. The first kappa shape index (κ1) is 24.5. The van der Waals surface area contributed by atoms with Gasteiger partial charge in [-0.1, -0.05) is 108 Å². The van der Waals surface area contributed by atoms with E-state index in [1.54, 1.807) is 7.11 Å². The van der Waals surface area contributed by atoms with Gasteiger partial charge >= 0.3 is 0 Å². The molecule has 3 aromatic carbocycles. The van der Waals surface area contributed by atoms with Crippen LogP contribution >= 0.6 is 0 Å². The summed E-state index contributed by atoms with van der Waals surface area (Å²) < 4.78 is 5.91. The fourth-order valence-corrected chi connectivity index (χ4v) is 3.98. The second-order valence-electron chi connectivity index (χ2n) is 8.28. The number of methoxy groups -OCH3 is 1. The average Bonchev–Trinajstić information content (AvgIpc) is 2.80. The topological polar surface area (TPSA) is 21.3 Å². The third kappa shape index (κ3) is 5.70. The largest absolute Gasteiger partial charge is 0.496 e.